The average molecular weight is 243 g/mol. The third kappa shape index (κ3) is 4.60. The standard InChI is InChI=1S/C11H21N3O3/c1-11(2,3)17-10(16)14(12)7-8-5-4-6-13-9(8)15/h8H,4-7,12H2,1-3H3,(H,13,15). The molecule has 98 valence electrons. The maximum absolute atomic E-state index is 11.6. The zero-order valence-corrected chi connectivity index (χ0v) is 10.7. The molecule has 1 aliphatic heterocycles. The van der Waals surface area contributed by atoms with Gasteiger partial charge in [0, 0.05) is 6.54 Å². The predicted octanol–water partition coefficient (Wildman–Crippen LogP) is 0.623. The van der Waals surface area contributed by atoms with E-state index in [-0.39, 0.29) is 18.4 Å². The molecule has 0 aliphatic carbocycles. The van der Waals surface area contributed by atoms with Crippen molar-refractivity contribution in [2.24, 2.45) is 11.8 Å². The highest BCUT2D eigenvalue weighted by molar-refractivity contribution is 5.80. The number of nitrogens with two attached hydrogens (primary N) is 1. The van der Waals surface area contributed by atoms with Crippen molar-refractivity contribution in [2.75, 3.05) is 13.1 Å². The first-order chi connectivity index (χ1) is 7.79. The molecule has 1 saturated heterocycles. The van der Waals surface area contributed by atoms with Crippen molar-refractivity contribution in [1.82, 2.24) is 10.3 Å². The molecular weight excluding hydrogens is 222 g/mol. The van der Waals surface area contributed by atoms with Crippen LogP contribution < -0.4 is 11.2 Å². The molecular formula is C11H21N3O3. The molecule has 2 amide bonds. The third-order valence-corrected chi connectivity index (χ3v) is 2.44. The topological polar surface area (TPSA) is 84.7 Å². The summed E-state index contributed by atoms with van der Waals surface area (Å²) < 4.78 is 5.11. The molecule has 0 aromatic rings. The Morgan fingerprint density at radius 3 is 2.76 bits per heavy atom. The molecule has 1 heterocycles. The van der Waals surface area contributed by atoms with E-state index >= 15 is 0 Å². The van der Waals surface area contributed by atoms with Gasteiger partial charge in [0.1, 0.15) is 5.60 Å². The van der Waals surface area contributed by atoms with E-state index < -0.39 is 11.7 Å². The fraction of sp³-hybridized carbons (Fsp3) is 0.818. The Morgan fingerprint density at radius 2 is 2.24 bits per heavy atom. The monoisotopic (exact) mass is 243 g/mol. The molecule has 17 heavy (non-hydrogen) atoms. The van der Waals surface area contributed by atoms with E-state index in [4.69, 9.17) is 10.6 Å². The van der Waals surface area contributed by atoms with Crippen LogP contribution in [0, 0.1) is 5.92 Å². The normalized spacial score (nSPS) is 20.7. The minimum absolute atomic E-state index is 0.0461. The van der Waals surface area contributed by atoms with Gasteiger partial charge in [0.2, 0.25) is 5.91 Å². The van der Waals surface area contributed by atoms with Crippen LogP contribution in [0.2, 0.25) is 0 Å². The van der Waals surface area contributed by atoms with Gasteiger partial charge in [0.15, 0.2) is 0 Å². The van der Waals surface area contributed by atoms with E-state index in [1.807, 2.05) is 0 Å². The Labute approximate surface area is 101 Å². The summed E-state index contributed by atoms with van der Waals surface area (Å²) in [6.07, 6.45) is 1.07. The summed E-state index contributed by atoms with van der Waals surface area (Å²) in [4.78, 5) is 23.1. The van der Waals surface area contributed by atoms with E-state index in [1.54, 1.807) is 20.8 Å². The lowest BCUT2D eigenvalue weighted by Gasteiger charge is -2.28. The number of amides is 2. The van der Waals surface area contributed by atoms with Gasteiger partial charge >= 0.3 is 6.09 Å². The van der Waals surface area contributed by atoms with Gasteiger partial charge in [0.05, 0.1) is 12.5 Å². The summed E-state index contributed by atoms with van der Waals surface area (Å²) in [5, 5.41) is 3.72. The molecule has 1 atom stereocenters. The van der Waals surface area contributed by atoms with Crippen molar-refractivity contribution < 1.29 is 14.3 Å². The van der Waals surface area contributed by atoms with Gasteiger partial charge in [-0.05, 0) is 33.6 Å². The van der Waals surface area contributed by atoms with E-state index in [0.29, 0.717) is 6.54 Å². The van der Waals surface area contributed by atoms with Crippen LogP contribution in [0.4, 0.5) is 4.79 Å². The predicted molar refractivity (Wildman–Crippen MR) is 62.9 cm³/mol. The number of piperidine rings is 1. The number of rotatable bonds is 2. The Hall–Kier alpha value is -1.30. The molecule has 0 bridgehead atoms. The van der Waals surface area contributed by atoms with Gasteiger partial charge in [-0.1, -0.05) is 0 Å². The highest BCUT2D eigenvalue weighted by Gasteiger charge is 2.27. The summed E-state index contributed by atoms with van der Waals surface area (Å²) in [5.41, 5.74) is -0.580. The first kappa shape index (κ1) is 13.8. The summed E-state index contributed by atoms with van der Waals surface area (Å²) >= 11 is 0. The van der Waals surface area contributed by atoms with Crippen LogP contribution in [-0.4, -0.2) is 35.7 Å². The van der Waals surface area contributed by atoms with Crippen LogP contribution in [0.25, 0.3) is 0 Å². The number of ether oxygens (including phenoxy) is 1. The number of nitrogens with one attached hydrogen (secondary N) is 1. The molecule has 1 fully saturated rings. The first-order valence-corrected chi connectivity index (χ1v) is 5.82. The van der Waals surface area contributed by atoms with Gasteiger partial charge in [-0.2, -0.15) is 0 Å². The van der Waals surface area contributed by atoms with Crippen molar-refractivity contribution in [1.29, 1.82) is 0 Å². The van der Waals surface area contributed by atoms with Gasteiger partial charge in [0.25, 0.3) is 0 Å². The van der Waals surface area contributed by atoms with E-state index in [1.165, 1.54) is 0 Å². The fourth-order valence-corrected chi connectivity index (χ4v) is 1.64. The maximum Gasteiger partial charge on any atom is 0.424 e. The minimum atomic E-state index is -0.601. The van der Waals surface area contributed by atoms with Gasteiger partial charge < -0.3 is 10.1 Å². The number of hydrogen-bond donors (Lipinski definition) is 2. The average Bonchev–Trinajstić information content (AvgIpc) is 2.18. The van der Waals surface area contributed by atoms with Crippen molar-refractivity contribution in [3.63, 3.8) is 0 Å². The van der Waals surface area contributed by atoms with Crippen molar-refractivity contribution >= 4 is 12.0 Å². The quantitative estimate of drug-likeness (QED) is 0.423. The van der Waals surface area contributed by atoms with Crippen LogP contribution in [-0.2, 0) is 9.53 Å². The van der Waals surface area contributed by atoms with Gasteiger partial charge in [-0.15, -0.1) is 0 Å². The largest absolute Gasteiger partial charge is 0.443 e. The smallest absolute Gasteiger partial charge is 0.424 e. The lowest BCUT2D eigenvalue weighted by Crippen LogP contribution is -2.48. The molecule has 1 aliphatic rings. The van der Waals surface area contributed by atoms with Crippen molar-refractivity contribution in [2.45, 2.75) is 39.2 Å². The second-order valence-electron chi connectivity index (χ2n) is 5.26. The Morgan fingerprint density at radius 1 is 1.59 bits per heavy atom. The Bertz CT molecular complexity index is 299. The van der Waals surface area contributed by atoms with Crippen LogP contribution in [0.3, 0.4) is 0 Å². The first-order valence-electron chi connectivity index (χ1n) is 5.82. The molecule has 1 rings (SSSR count). The molecule has 0 radical (unpaired) electrons. The van der Waals surface area contributed by atoms with Crippen molar-refractivity contribution in [3.8, 4) is 0 Å². The minimum Gasteiger partial charge on any atom is -0.443 e. The highest BCUT2D eigenvalue weighted by atomic mass is 16.6. The molecule has 0 aromatic heterocycles. The Balaban J connectivity index is 2.45. The van der Waals surface area contributed by atoms with E-state index in [0.717, 1.165) is 17.9 Å². The molecule has 6 heteroatoms. The third-order valence-electron chi connectivity index (χ3n) is 2.44. The molecule has 6 nitrogen and oxygen atoms in total. The van der Waals surface area contributed by atoms with Crippen LogP contribution in [0.5, 0.6) is 0 Å². The number of nitrogens with zero attached hydrogens (tertiary/aromatic N) is 1. The van der Waals surface area contributed by atoms with Crippen molar-refractivity contribution in [3.05, 3.63) is 0 Å². The fourth-order valence-electron chi connectivity index (χ4n) is 1.64. The van der Waals surface area contributed by atoms with Gasteiger partial charge in [-0.3, -0.25) is 4.79 Å². The number of carbonyl (C=O) groups excluding carboxylic acids is 2. The van der Waals surface area contributed by atoms with E-state index in [2.05, 4.69) is 5.32 Å². The molecule has 0 spiro atoms. The van der Waals surface area contributed by atoms with Crippen LogP contribution in [0.1, 0.15) is 33.6 Å². The second-order valence-corrected chi connectivity index (χ2v) is 5.26. The summed E-state index contributed by atoms with van der Waals surface area (Å²) in [5.74, 6) is 5.32. The SMILES string of the molecule is CC(C)(C)OC(=O)N(N)CC1CCCNC1=O. The molecule has 0 saturated carbocycles. The zero-order chi connectivity index (χ0) is 13.1. The maximum atomic E-state index is 11.6. The summed E-state index contributed by atoms with van der Waals surface area (Å²) in [7, 11) is 0. The number of hydrogen-bond acceptors (Lipinski definition) is 4. The Kier molecular flexibility index (Phi) is 4.34. The number of hydrazine groups is 1. The molecule has 3 N–H and O–H groups in total. The number of carbonyl (C=O) groups is 2. The van der Waals surface area contributed by atoms with Crippen LogP contribution >= 0.6 is 0 Å². The molecule has 0 aromatic carbocycles. The van der Waals surface area contributed by atoms with Crippen LogP contribution in [0.15, 0.2) is 0 Å². The summed E-state index contributed by atoms with van der Waals surface area (Å²) in [6, 6.07) is 0. The lowest BCUT2D eigenvalue weighted by atomic mass is 9.99. The second kappa shape index (κ2) is 5.35. The lowest BCUT2D eigenvalue weighted by molar-refractivity contribution is -0.127. The summed E-state index contributed by atoms with van der Waals surface area (Å²) in [6.45, 7) is 6.21. The highest BCUT2D eigenvalue weighted by Crippen LogP contribution is 2.14. The molecule has 1 unspecified atom stereocenters. The zero-order valence-electron chi connectivity index (χ0n) is 10.7. The van der Waals surface area contributed by atoms with Gasteiger partial charge in [-0.25, -0.2) is 15.6 Å². The van der Waals surface area contributed by atoms with E-state index in [9.17, 15) is 9.59 Å².